The van der Waals surface area contributed by atoms with E-state index in [1.54, 1.807) is 0 Å². The zero-order valence-corrected chi connectivity index (χ0v) is 7.80. The monoisotopic (exact) mass is 211 g/mol. The van der Waals surface area contributed by atoms with E-state index in [1.807, 2.05) is 0 Å². The van der Waals surface area contributed by atoms with Crippen LogP contribution in [0.4, 0.5) is 13.2 Å². The summed E-state index contributed by atoms with van der Waals surface area (Å²) < 4.78 is 39.3. The number of halogens is 3. The predicted octanol–water partition coefficient (Wildman–Crippen LogP) is 3.17. The van der Waals surface area contributed by atoms with Crippen molar-refractivity contribution in [2.45, 2.75) is 12.3 Å². The summed E-state index contributed by atoms with van der Waals surface area (Å²) in [6.07, 6.45) is -0.459. The second kappa shape index (κ2) is 3.22. The van der Waals surface area contributed by atoms with Crippen LogP contribution >= 0.6 is 0 Å². The third-order valence-electron chi connectivity index (χ3n) is 2.16. The van der Waals surface area contributed by atoms with E-state index >= 15 is 0 Å². The second-order valence-electron chi connectivity index (χ2n) is 3.41. The van der Waals surface area contributed by atoms with Crippen LogP contribution in [0.2, 0.25) is 0 Å². The summed E-state index contributed by atoms with van der Waals surface area (Å²) in [6, 6.07) is 4.85. The minimum atomic E-state index is -2.99. The molecule has 0 radical (unpaired) electrons. The number of hydrogen-bond donors (Lipinski definition) is 0. The third kappa shape index (κ3) is 1.79. The Morgan fingerprint density at radius 1 is 1.20 bits per heavy atom. The summed E-state index contributed by atoms with van der Waals surface area (Å²) >= 11 is 0. The molecule has 1 nitrogen and oxygen atoms in total. The van der Waals surface area contributed by atoms with E-state index in [-0.39, 0.29) is 17.0 Å². The number of hydrogen-bond acceptors (Lipinski definition) is 1. The second-order valence-corrected chi connectivity index (χ2v) is 3.41. The molecule has 0 bridgehead atoms. The van der Waals surface area contributed by atoms with E-state index in [0.717, 1.165) is 12.1 Å². The van der Waals surface area contributed by atoms with Gasteiger partial charge in [0.2, 0.25) is 0 Å². The smallest absolute Gasteiger partial charge is 0.251 e. The van der Waals surface area contributed by atoms with E-state index in [1.165, 1.54) is 12.1 Å². The lowest BCUT2D eigenvalue weighted by Gasteiger charge is -2.10. The van der Waals surface area contributed by atoms with Crippen LogP contribution in [-0.2, 0) is 0 Å². The van der Waals surface area contributed by atoms with Crippen molar-refractivity contribution < 1.29 is 13.2 Å². The number of benzene rings is 1. The highest BCUT2D eigenvalue weighted by atomic mass is 19.3. The standard InChI is InChI=1S/C11H8F3N/c1-7-6-11(13,14)10(15-7)8-2-4-9(12)5-3-8/h2-5H,1,6H2. The van der Waals surface area contributed by atoms with Crippen molar-refractivity contribution in [3.63, 3.8) is 0 Å². The van der Waals surface area contributed by atoms with Gasteiger partial charge in [0.25, 0.3) is 5.92 Å². The number of rotatable bonds is 1. The average molecular weight is 211 g/mol. The molecule has 4 heteroatoms. The van der Waals surface area contributed by atoms with Crippen molar-refractivity contribution in [3.8, 4) is 0 Å². The summed E-state index contributed by atoms with van der Waals surface area (Å²) in [6.45, 7) is 3.40. The Hall–Kier alpha value is -1.58. The first-order chi connectivity index (χ1) is 6.99. The molecule has 0 N–H and O–H groups in total. The summed E-state index contributed by atoms with van der Waals surface area (Å²) in [4.78, 5) is 3.69. The summed E-state index contributed by atoms with van der Waals surface area (Å²) in [5.74, 6) is -3.45. The van der Waals surface area contributed by atoms with Crippen molar-refractivity contribution >= 4 is 5.71 Å². The van der Waals surface area contributed by atoms with Gasteiger partial charge in [-0.15, -0.1) is 0 Å². The Labute approximate surface area is 85.0 Å². The molecule has 0 spiro atoms. The number of nitrogens with zero attached hydrogens (tertiary/aromatic N) is 1. The van der Waals surface area contributed by atoms with Crippen molar-refractivity contribution in [2.24, 2.45) is 4.99 Å². The fourth-order valence-corrected chi connectivity index (χ4v) is 1.50. The molecule has 0 amide bonds. The van der Waals surface area contributed by atoms with Gasteiger partial charge in [0.05, 0.1) is 6.42 Å². The van der Waals surface area contributed by atoms with Gasteiger partial charge in [0.1, 0.15) is 11.5 Å². The normalized spacial score (nSPS) is 19.1. The van der Waals surface area contributed by atoms with Crippen LogP contribution < -0.4 is 0 Å². The van der Waals surface area contributed by atoms with Crippen LogP contribution in [0.1, 0.15) is 12.0 Å². The van der Waals surface area contributed by atoms with E-state index < -0.39 is 18.2 Å². The molecule has 0 unspecified atom stereocenters. The molecule has 0 fully saturated rings. The van der Waals surface area contributed by atoms with Gasteiger partial charge in [-0.05, 0) is 12.1 Å². The van der Waals surface area contributed by atoms with Crippen LogP contribution in [0.3, 0.4) is 0 Å². The maximum absolute atomic E-state index is 13.4. The van der Waals surface area contributed by atoms with Crippen LogP contribution in [0.25, 0.3) is 0 Å². The topological polar surface area (TPSA) is 12.4 Å². The Morgan fingerprint density at radius 2 is 1.80 bits per heavy atom. The molecule has 0 saturated carbocycles. The summed E-state index contributed by atoms with van der Waals surface area (Å²) in [5, 5.41) is 0. The van der Waals surface area contributed by atoms with Gasteiger partial charge in [0.15, 0.2) is 0 Å². The number of aliphatic imine (C=N–C) groups is 1. The molecule has 1 aromatic rings. The molecule has 78 valence electrons. The third-order valence-corrected chi connectivity index (χ3v) is 2.16. The molecule has 1 aromatic carbocycles. The quantitative estimate of drug-likeness (QED) is 0.676. The molecule has 15 heavy (non-hydrogen) atoms. The van der Waals surface area contributed by atoms with E-state index in [4.69, 9.17) is 0 Å². The molecule has 2 rings (SSSR count). The largest absolute Gasteiger partial charge is 0.295 e. The highest BCUT2D eigenvalue weighted by Gasteiger charge is 2.41. The first-order valence-corrected chi connectivity index (χ1v) is 4.40. The Kier molecular flexibility index (Phi) is 2.14. The van der Waals surface area contributed by atoms with Crippen molar-refractivity contribution in [1.82, 2.24) is 0 Å². The summed E-state index contributed by atoms with van der Waals surface area (Å²) in [7, 11) is 0. The number of alkyl halides is 2. The lowest BCUT2D eigenvalue weighted by molar-refractivity contribution is 0.0863. The maximum Gasteiger partial charge on any atom is 0.295 e. The zero-order valence-electron chi connectivity index (χ0n) is 7.80. The predicted molar refractivity (Wildman–Crippen MR) is 51.6 cm³/mol. The number of allylic oxidation sites excluding steroid dienone is 1. The molecule has 0 aliphatic carbocycles. The molecular weight excluding hydrogens is 203 g/mol. The van der Waals surface area contributed by atoms with Gasteiger partial charge in [0, 0.05) is 11.3 Å². The highest BCUT2D eigenvalue weighted by molar-refractivity contribution is 6.07. The van der Waals surface area contributed by atoms with Crippen LogP contribution in [0.15, 0.2) is 41.5 Å². The van der Waals surface area contributed by atoms with Crippen LogP contribution in [0.5, 0.6) is 0 Å². The first kappa shape index (κ1) is 9.96. The van der Waals surface area contributed by atoms with Crippen LogP contribution in [-0.4, -0.2) is 11.6 Å². The van der Waals surface area contributed by atoms with Gasteiger partial charge in [-0.25, -0.2) is 4.39 Å². The van der Waals surface area contributed by atoms with Gasteiger partial charge >= 0.3 is 0 Å². The van der Waals surface area contributed by atoms with Crippen molar-refractivity contribution in [1.29, 1.82) is 0 Å². The molecular formula is C11H8F3N. The molecule has 0 aromatic heterocycles. The SMILES string of the molecule is C=C1CC(F)(F)C(c2ccc(F)cc2)=N1. The molecule has 0 saturated heterocycles. The van der Waals surface area contributed by atoms with Crippen molar-refractivity contribution in [3.05, 3.63) is 47.9 Å². The van der Waals surface area contributed by atoms with Gasteiger partial charge in [-0.1, -0.05) is 18.7 Å². The average Bonchev–Trinajstić information content (AvgIpc) is 2.41. The van der Waals surface area contributed by atoms with Crippen molar-refractivity contribution in [2.75, 3.05) is 0 Å². The van der Waals surface area contributed by atoms with E-state index in [9.17, 15) is 13.2 Å². The minimum Gasteiger partial charge on any atom is -0.251 e. The molecule has 1 aliphatic rings. The highest BCUT2D eigenvalue weighted by Crippen LogP contribution is 2.34. The lowest BCUT2D eigenvalue weighted by Crippen LogP contribution is -2.24. The molecule has 1 aliphatic heterocycles. The Morgan fingerprint density at radius 3 is 2.27 bits per heavy atom. The van der Waals surface area contributed by atoms with E-state index in [0.29, 0.717) is 0 Å². The zero-order chi connectivity index (χ0) is 11.1. The van der Waals surface area contributed by atoms with E-state index in [2.05, 4.69) is 11.6 Å². The van der Waals surface area contributed by atoms with Gasteiger partial charge in [-0.3, -0.25) is 4.99 Å². The van der Waals surface area contributed by atoms with Crippen LogP contribution in [0, 0.1) is 5.82 Å². The molecule has 1 heterocycles. The Bertz CT molecular complexity index is 432. The molecule has 0 atom stereocenters. The summed E-state index contributed by atoms with van der Waals surface area (Å²) in [5.41, 5.74) is 0.0619. The fraction of sp³-hybridized carbons (Fsp3) is 0.182. The minimum absolute atomic E-state index is 0.152. The van der Waals surface area contributed by atoms with Gasteiger partial charge < -0.3 is 0 Å². The van der Waals surface area contributed by atoms with Gasteiger partial charge in [-0.2, -0.15) is 8.78 Å². The lowest BCUT2D eigenvalue weighted by atomic mass is 10.0. The fourth-order valence-electron chi connectivity index (χ4n) is 1.50. The maximum atomic E-state index is 13.4. The first-order valence-electron chi connectivity index (χ1n) is 4.40. The Balaban J connectivity index is 2.43.